The van der Waals surface area contributed by atoms with Gasteiger partial charge in [0.15, 0.2) is 0 Å². The summed E-state index contributed by atoms with van der Waals surface area (Å²) in [7, 11) is 0. The Bertz CT molecular complexity index is 476. The zero-order valence-corrected chi connectivity index (χ0v) is 9.12. The smallest absolute Gasteiger partial charge is 0.338 e. The first kappa shape index (κ1) is 11.4. The Morgan fingerprint density at radius 1 is 1.47 bits per heavy atom. The van der Waals surface area contributed by atoms with Crippen LogP contribution in [-0.2, 0) is 14.3 Å². The lowest BCUT2D eigenvalue weighted by molar-refractivity contribution is -0.146. The number of hydrogen-bond donors (Lipinski definition) is 2. The van der Waals surface area contributed by atoms with Gasteiger partial charge in [-0.2, -0.15) is 0 Å². The Balaban J connectivity index is 2.24. The number of amides is 1. The molecule has 6 heteroatoms. The first-order valence-corrected chi connectivity index (χ1v) is 5.15. The molecule has 1 amide bonds. The normalized spacial score (nSPS) is 17.8. The van der Waals surface area contributed by atoms with Gasteiger partial charge in [-0.1, -0.05) is 0 Å². The summed E-state index contributed by atoms with van der Waals surface area (Å²) in [5, 5.41) is 5.15. The van der Waals surface area contributed by atoms with Gasteiger partial charge in [-0.05, 0) is 25.1 Å². The molecule has 2 N–H and O–H groups in total. The van der Waals surface area contributed by atoms with Crippen LogP contribution in [0.3, 0.4) is 0 Å². The van der Waals surface area contributed by atoms with Gasteiger partial charge in [-0.3, -0.25) is 4.79 Å². The highest BCUT2D eigenvalue weighted by atomic mass is 19.1. The molecule has 1 aliphatic heterocycles. The van der Waals surface area contributed by atoms with Gasteiger partial charge in [0, 0.05) is 0 Å². The lowest BCUT2D eigenvalue weighted by atomic mass is 10.1. The number of halogens is 1. The summed E-state index contributed by atoms with van der Waals surface area (Å²) >= 11 is 0. The zero-order chi connectivity index (χ0) is 12.4. The fourth-order valence-electron chi connectivity index (χ4n) is 1.56. The maximum absolute atomic E-state index is 12.9. The van der Waals surface area contributed by atoms with Crippen molar-refractivity contribution < 1.29 is 18.7 Å². The third-order valence-electron chi connectivity index (χ3n) is 2.32. The fourth-order valence-corrected chi connectivity index (χ4v) is 1.56. The van der Waals surface area contributed by atoms with Crippen LogP contribution >= 0.6 is 0 Å². The van der Waals surface area contributed by atoms with E-state index in [1.165, 1.54) is 18.2 Å². The van der Waals surface area contributed by atoms with Crippen molar-refractivity contribution in [2.45, 2.75) is 13.0 Å². The molecule has 5 nitrogen and oxygen atoms in total. The van der Waals surface area contributed by atoms with Gasteiger partial charge in [0.1, 0.15) is 5.82 Å². The van der Waals surface area contributed by atoms with E-state index in [0.717, 1.165) is 0 Å². The lowest BCUT2D eigenvalue weighted by Crippen LogP contribution is -2.45. The second kappa shape index (κ2) is 4.40. The number of fused-ring (bicyclic) bond motifs is 1. The van der Waals surface area contributed by atoms with Crippen molar-refractivity contribution >= 4 is 23.3 Å². The predicted molar refractivity (Wildman–Crippen MR) is 59.1 cm³/mol. The molecule has 1 aromatic rings. The molecule has 0 aliphatic carbocycles. The summed E-state index contributed by atoms with van der Waals surface area (Å²) < 4.78 is 17.7. The van der Waals surface area contributed by atoms with Crippen LogP contribution < -0.4 is 10.6 Å². The number of esters is 1. The standard InChI is InChI=1S/C11H11FN2O3/c1-2-17-11(16)9-10(15)14-8-5-6(12)3-4-7(8)13-9/h3-5,9,13H,2H2,1H3,(H,14,15). The topological polar surface area (TPSA) is 67.4 Å². The lowest BCUT2D eigenvalue weighted by Gasteiger charge is -2.25. The van der Waals surface area contributed by atoms with E-state index in [9.17, 15) is 14.0 Å². The highest BCUT2D eigenvalue weighted by Crippen LogP contribution is 2.27. The Morgan fingerprint density at radius 2 is 2.24 bits per heavy atom. The molecule has 90 valence electrons. The zero-order valence-electron chi connectivity index (χ0n) is 9.12. The molecule has 0 aromatic heterocycles. The number of rotatable bonds is 2. The van der Waals surface area contributed by atoms with E-state index in [-0.39, 0.29) is 6.61 Å². The van der Waals surface area contributed by atoms with Crippen LogP contribution in [0.25, 0.3) is 0 Å². The van der Waals surface area contributed by atoms with E-state index in [1.807, 2.05) is 0 Å². The fraction of sp³-hybridized carbons (Fsp3) is 0.273. The van der Waals surface area contributed by atoms with Gasteiger partial charge in [-0.15, -0.1) is 0 Å². The number of anilines is 2. The van der Waals surface area contributed by atoms with Crippen molar-refractivity contribution in [2.24, 2.45) is 0 Å². The minimum absolute atomic E-state index is 0.195. The average Bonchev–Trinajstić information content (AvgIpc) is 2.28. The Kier molecular flexibility index (Phi) is 2.95. The second-order valence-corrected chi connectivity index (χ2v) is 3.51. The first-order chi connectivity index (χ1) is 8.11. The van der Waals surface area contributed by atoms with Gasteiger partial charge in [0.25, 0.3) is 5.91 Å². The maximum atomic E-state index is 12.9. The maximum Gasteiger partial charge on any atom is 0.338 e. The number of hydrogen-bond acceptors (Lipinski definition) is 4. The van der Waals surface area contributed by atoms with Crippen LogP contribution in [0.1, 0.15) is 6.92 Å². The van der Waals surface area contributed by atoms with Crippen molar-refractivity contribution in [3.63, 3.8) is 0 Å². The SMILES string of the molecule is CCOC(=O)C1Nc2ccc(F)cc2NC1=O. The molecule has 0 radical (unpaired) electrons. The molecule has 1 heterocycles. The molecular weight excluding hydrogens is 227 g/mol. The van der Waals surface area contributed by atoms with Gasteiger partial charge in [0.2, 0.25) is 6.04 Å². The Hall–Kier alpha value is -2.11. The molecule has 1 aromatic carbocycles. The third kappa shape index (κ3) is 2.20. The summed E-state index contributed by atoms with van der Waals surface area (Å²) in [5.74, 6) is -1.66. The highest BCUT2D eigenvalue weighted by Gasteiger charge is 2.32. The molecule has 17 heavy (non-hydrogen) atoms. The summed E-state index contributed by atoms with van der Waals surface area (Å²) in [6, 6.07) is 2.79. The van der Waals surface area contributed by atoms with Crippen molar-refractivity contribution in [3.8, 4) is 0 Å². The summed E-state index contributed by atoms with van der Waals surface area (Å²) in [5.41, 5.74) is 0.805. The van der Waals surface area contributed by atoms with Crippen LogP contribution in [0.5, 0.6) is 0 Å². The number of carbonyl (C=O) groups is 2. The van der Waals surface area contributed by atoms with Crippen LogP contribution in [-0.4, -0.2) is 24.5 Å². The van der Waals surface area contributed by atoms with E-state index in [2.05, 4.69) is 10.6 Å². The first-order valence-electron chi connectivity index (χ1n) is 5.15. The Labute approximate surface area is 97.0 Å². The van der Waals surface area contributed by atoms with Crippen molar-refractivity contribution in [1.82, 2.24) is 0 Å². The van der Waals surface area contributed by atoms with E-state index < -0.39 is 23.7 Å². The minimum Gasteiger partial charge on any atom is -0.464 e. The molecule has 1 aliphatic rings. The molecular formula is C11H11FN2O3. The van der Waals surface area contributed by atoms with Crippen molar-refractivity contribution in [2.75, 3.05) is 17.2 Å². The third-order valence-corrected chi connectivity index (χ3v) is 2.32. The van der Waals surface area contributed by atoms with Crippen LogP contribution in [0.15, 0.2) is 18.2 Å². The van der Waals surface area contributed by atoms with Crippen LogP contribution in [0.4, 0.5) is 15.8 Å². The summed E-state index contributed by atoms with van der Waals surface area (Å²) in [6.07, 6.45) is 0. The van der Waals surface area contributed by atoms with Crippen molar-refractivity contribution in [3.05, 3.63) is 24.0 Å². The summed E-state index contributed by atoms with van der Waals surface area (Å²) in [4.78, 5) is 23.1. The molecule has 0 saturated carbocycles. The minimum atomic E-state index is -1.09. The molecule has 0 fully saturated rings. The highest BCUT2D eigenvalue weighted by molar-refractivity contribution is 6.14. The van der Waals surface area contributed by atoms with Gasteiger partial charge >= 0.3 is 5.97 Å². The van der Waals surface area contributed by atoms with Crippen molar-refractivity contribution in [1.29, 1.82) is 0 Å². The molecule has 1 unspecified atom stereocenters. The quantitative estimate of drug-likeness (QED) is 0.598. The van der Waals surface area contributed by atoms with Crippen LogP contribution in [0, 0.1) is 5.82 Å². The van der Waals surface area contributed by atoms with Crippen LogP contribution in [0.2, 0.25) is 0 Å². The molecule has 1 atom stereocenters. The second-order valence-electron chi connectivity index (χ2n) is 3.51. The van der Waals surface area contributed by atoms with Gasteiger partial charge in [-0.25, -0.2) is 9.18 Å². The molecule has 2 rings (SSSR count). The molecule has 0 saturated heterocycles. The Morgan fingerprint density at radius 3 is 2.94 bits per heavy atom. The molecule has 0 spiro atoms. The predicted octanol–water partition coefficient (Wildman–Crippen LogP) is 1.12. The van der Waals surface area contributed by atoms with E-state index >= 15 is 0 Å². The largest absolute Gasteiger partial charge is 0.464 e. The van der Waals surface area contributed by atoms with E-state index in [1.54, 1.807) is 6.92 Å². The van der Waals surface area contributed by atoms with Gasteiger partial charge in [0.05, 0.1) is 18.0 Å². The van der Waals surface area contributed by atoms with E-state index in [4.69, 9.17) is 4.74 Å². The average molecular weight is 238 g/mol. The number of nitrogens with one attached hydrogen (secondary N) is 2. The van der Waals surface area contributed by atoms with E-state index in [0.29, 0.717) is 11.4 Å². The number of ether oxygens (including phenoxy) is 1. The van der Waals surface area contributed by atoms with Gasteiger partial charge < -0.3 is 15.4 Å². The molecule has 0 bridgehead atoms. The summed E-state index contributed by atoms with van der Waals surface area (Å²) in [6.45, 7) is 1.85. The monoisotopic (exact) mass is 238 g/mol. The number of benzene rings is 1. The number of carbonyl (C=O) groups excluding carboxylic acids is 2.